The molecule has 0 aliphatic heterocycles. The molecule has 0 aliphatic carbocycles. The number of phenols is 1. The molecule has 0 aromatic heterocycles. The topological polar surface area (TPSA) is 41.5 Å². The van der Waals surface area contributed by atoms with Crippen LogP contribution >= 0.6 is 11.6 Å². The Kier molecular flexibility index (Phi) is 4.66. The fourth-order valence-electron chi connectivity index (χ4n) is 1.86. The minimum Gasteiger partial charge on any atom is -0.504 e. The van der Waals surface area contributed by atoms with Gasteiger partial charge in [-0.2, -0.15) is 0 Å². The van der Waals surface area contributed by atoms with Gasteiger partial charge in [0.25, 0.3) is 0 Å². The average molecular weight is 278 g/mol. The van der Waals surface area contributed by atoms with E-state index in [1.54, 1.807) is 6.07 Å². The minimum absolute atomic E-state index is 0.184. The van der Waals surface area contributed by atoms with Crippen LogP contribution in [0.1, 0.15) is 11.1 Å². The highest BCUT2D eigenvalue weighted by molar-refractivity contribution is 6.30. The molecule has 4 heteroatoms. The second-order valence-corrected chi connectivity index (χ2v) is 4.64. The minimum atomic E-state index is 0.184. The van der Waals surface area contributed by atoms with E-state index in [1.807, 2.05) is 36.4 Å². The number of methoxy groups -OCH3 is 1. The van der Waals surface area contributed by atoms with Gasteiger partial charge in [-0.15, -0.1) is 0 Å². The highest BCUT2D eigenvalue weighted by Crippen LogP contribution is 2.29. The largest absolute Gasteiger partial charge is 0.504 e. The van der Waals surface area contributed by atoms with Crippen molar-refractivity contribution in [1.29, 1.82) is 0 Å². The van der Waals surface area contributed by atoms with Gasteiger partial charge in [0.05, 0.1) is 7.11 Å². The van der Waals surface area contributed by atoms with Crippen LogP contribution in [0, 0.1) is 0 Å². The maximum absolute atomic E-state index is 9.94. The number of halogens is 1. The van der Waals surface area contributed by atoms with E-state index < -0.39 is 0 Å². The summed E-state index contributed by atoms with van der Waals surface area (Å²) in [5.41, 5.74) is 1.91. The number of ether oxygens (including phenoxy) is 1. The lowest BCUT2D eigenvalue weighted by atomic mass is 10.1. The lowest BCUT2D eigenvalue weighted by Crippen LogP contribution is -2.12. The summed E-state index contributed by atoms with van der Waals surface area (Å²) in [5, 5.41) is 13.9. The maximum Gasteiger partial charge on any atom is 0.162 e. The molecule has 0 radical (unpaired) electrons. The number of aromatic hydroxyl groups is 1. The van der Waals surface area contributed by atoms with Gasteiger partial charge in [-0.3, -0.25) is 0 Å². The lowest BCUT2D eigenvalue weighted by Gasteiger charge is -2.10. The SMILES string of the molecule is COc1cccc(CNCc2cccc(Cl)c2)c1O. The smallest absolute Gasteiger partial charge is 0.162 e. The molecule has 0 unspecified atom stereocenters. The van der Waals surface area contributed by atoms with E-state index in [0.717, 1.165) is 16.1 Å². The summed E-state index contributed by atoms with van der Waals surface area (Å²) < 4.78 is 5.07. The van der Waals surface area contributed by atoms with Gasteiger partial charge in [0.2, 0.25) is 0 Å². The molecule has 100 valence electrons. The van der Waals surface area contributed by atoms with Crippen molar-refractivity contribution in [3.63, 3.8) is 0 Å². The van der Waals surface area contributed by atoms with Crippen molar-refractivity contribution >= 4 is 11.6 Å². The van der Waals surface area contributed by atoms with Crippen LogP contribution in [0.15, 0.2) is 42.5 Å². The van der Waals surface area contributed by atoms with Crippen molar-refractivity contribution in [2.75, 3.05) is 7.11 Å². The van der Waals surface area contributed by atoms with Gasteiger partial charge in [0.15, 0.2) is 11.5 Å². The van der Waals surface area contributed by atoms with Gasteiger partial charge >= 0.3 is 0 Å². The summed E-state index contributed by atoms with van der Waals surface area (Å²) >= 11 is 5.92. The zero-order valence-corrected chi connectivity index (χ0v) is 11.4. The van der Waals surface area contributed by atoms with Crippen molar-refractivity contribution in [3.05, 3.63) is 58.6 Å². The van der Waals surface area contributed by atoms with E-state index in [0.29, 0.717) is 18.8 Å². The molecule has 3 nitrogen and oxygen atoms in total. The van der Waals surface area contributed by atoms with Crippen molar-refractivity contribution in [2.45, 2.75) is 13.1 Å². The molecule has 0 heterocycles. The molecule has 0 atom stereocenters. The van der Waals surface area contributed by atoms with Crippen LogP contribution in [-0.4, -0.2) is 12.2 Å². The van der Waals surface area contributed by atoms with Crippen molar-refractivity contribution < 1.29 is 9.84 Å². The summed E-state index contributed by atoms with van der Waals surface area (Å²) in [5.74, 6) is 0.672. The average Bonchev–Trinajstić information content (AvgIpc) is 2.41. The quantitative estimate of drug-likeness (QED) is 0.881. The van der Waals surface area contributed by atoms with E-state index in [-0.39, 0.29) is 5.75 Å². The number of hydrogen-bond acceptors (Lipinski definition) is 3. The van der Waals surface area contributed by atoms with E-state index >= 15 is 0 Å². The zero-order valence-electron chi connectivity index (χ0n) is 10.7. The highest BCUT2D eigenvalue weighted by Gasteiger charge is 2.06. The fourth-order valence-corrected chi connectivity index (χ4v) is 2.08. The molecule has 19 heavy (non-hydrogen) atoms. The first-order valence-corrected chi connectivity index (χ1v) is 6.38. The second-order valence-electron chi connectivity index (χ2n) is 4.20. The first kappa shape index (κ1) is 13.7. The van der Waals surface area contributed by atoms with Gasteiger partial charge in [-0.05, 0) is 23.8 Å². The monoisotopic (exact) mass is 277 g/mol. The third kappa shape index (κ3) is 3.63. The summed E-state index contributed by atoms with van der Waals surface area (Å²) in [6.07, 6.45) is 0. The number of nitrogens with one attached hydrogen (secondary N) is 1. The zero-order chi connectivity index (χ0) is 13.7. The molecule has 0 amide bonds. The first-order chi connectivity index (χ1) is 9.20. The Hall–Kier alpha value is -1.71. The van der Waals surface area contributed by atoms with Gasteiger partial charge in [0, 0.05) is 23.7 Å². The molecule has 0 spiro atoms. The third-order valence-electron chi connectivity index (χ3n) is 2.84. The van der Waals surface area contributed by atoms with Crippen LogP contribution in [0.3, 0.4) is 0 Å². The Bertz CT molecular complexity index is 558. The summed E-state index contributed by atoms with van der Waals surface area (Å²) in [7, 11) is 1.54. The van der Waals surface area contributed by atoms with Gasteiger partial charge in [-0.1, -0.05) is 35.9 Å². The molecule has 0 saturated carbocycles. The summed E-state index contributed by atoms with van der Waals surface area (Å²) in [6.45, 7) is 1.26. The highest BCUT2D eigenvalue weighted by atomic mass is 35.5. The standard InChI is InChI=1S/C15H16ClNO2/c1-19-14-7-3-5-12(15(14)18)10-17-9-11-4-2-6-13(16)8-11/h2-8,17-18H,9-10H2,1H3. The third-order valence-corrected chi connectivity index (χ3v) is 3.07. The van der Waals surface area contributed by atoms with Crippen LogP contribution in [-0.2, 0) is 13.1 Å². The number of benzene rings is 2. The van der Waals surface area contributed by atoms with Crippen molar-refractivity contribution in [3.8, 4) is 11.5 Å². The first-order valence-electron chi connectivity index (χ1n) is 6.00. The van der Waals surface area contributed by atoms with E-state index in [2.05, 4.69) is 5.32 Å². The van der Waals surface area contributed by atoms with Crippen LogP contribution in [0.25, 0.3) is 0 Å². The van der Waals surface area contributed by atoms with Crippen molar-refractivity contribution in [2.24, 2.45) is 0 Å². The molecule has 0 bridgehead atoms. The normalized spacial score (nSPS) is 10.4. The van der Waals surface area contributed by atoms with Gasteiger partial charge in [-0.25, -0.2) is 0 Å². The van der Waals surface area contributed by atoms with Gasteiger partial charge < -0.3 is 15.2 Å². The molecule has 2 aromatic rings. The Morgan fingerprint density at radius 3 is 2.68 bits per heavy atom. The summed E-state index contributed by atoms with van der Waals surface area (Å²) in [4.78, 5) is 0. The molecular weight excluding hydrogens is 262 g/mol. The molecule has 0 fully saturated rings. The Morgan fingerprint density at radius 2 is 1.95 bits per heavy atom. The Morgan fingerprint density at radius 1 is 1.16 bits per heavy atom. The van der Waals surface area contributed by atoms with E-state index in [9.17, 15) is 5.11 Å². The van der Waals surface area contributed by atoms with Crippen molar-refractivity contribution in [1.82, 2.24) is 5.32 Å². The Balaban J connectivity index is 1.96. The van der Waals surface area contributed by atoms with Crippen LogP contribution in [0.5, 0.6) is 11.5 Å². The van der Waals surface area contributed by atoms with E-state index in [1.165, 1.54) is 7.11 Å². The predicted octanol–water partition coefficient (Wildman–Crippen LogP) is 3.34. The maximum atomic E-state index is 9.94. The molecule has 0 aliphatic rings. The van der Waals surface area contributed by atoms with Crippen LogP contribution in [0.4, 0.5) is 0 Å². The molecular formula is C15H16ClNO2. The van der Waals surface area contributed by atoms with Crippen LogP contribution in [0.2, 0.25) is 5.02 Å². The van der Waals surface area contributed by atoms with Crippen LogP contribution < -0.4 is 10.1 Å². The molecule has 2 rings (SSSR count). The Labute approximate surface area is 117 Å². The van der Waals surface area contributed by atoms with E-state index in [4.69, 9.17) is 16.3 Å². The number of rotatable bonds is 5. The predicted molar refractivity (Wildman–Crippen MR) is 76.7 cm³/mol. The lowest BCUT2D eigenvalue weighted by molar-refractivity contribution is 0.369. The summed E-state index contributed by atoms with van der Waals surface area (Å²) in [6, 6.07) is 13.1. The second kappa shape index (κ2) is 6.45. The van der Waals surface area contributed by atoms with Gasteiger partial charge in [0.1, 0.15) is 0 Å². The molecule has 0 saturated heterocycles. The molecule has 2 aromatic carbocycles. The number of phenolic OH excluding ortho intramolecular Hbond substituents is 1. The number of para-hydroxylation sites is 1. The fraction of sp³-hybridized carbons (Fsp3) is 0.200. The number of hydrogen-bond donors (Lipinski definition) is 2. The molecule has 2 N–H and O–H groups in total.